The van der Waals surface area contributed by atoms with Crippen LogP contribution in [0.15, 0.2) is 21.0 Å². The molecule has 1 rings (SSSR count). The Morgan fingerprint density at radius 1 is 1.25 bits per heavy atom. The maximum absolute atomic E-state index is 2.38. The van der Waals surface area contributed by atoms with Crippen LogP contribution < -0.4 is 0 Å². The van der Waals surface area contributed by atoms with Crippen LogP contribution in [0.3, 0.4) is 0 Å². The zero-order chi connectivity index (χ0) is 10.4. The topological polar surface area (TPSA) is 0 Å². The van der Waals surface area contributed by atoms with Gasteiger partial charge in [0.1, 0.15) is 0 Å². The van der Waals surface area contributed by atoms with Crippen molar-refractivity contribution in [3.63, 3.8) is 0 Å². The van der Waals surface area contributed by atoms with Crippen molar-refractivity contribution in [3.8, 4) is 0 Å². The Kier molecular flexibility index (Phi) is 13.3. The molecule has 0 radical (unpaired) electrons. The fourth-order valence-corrected chi connectivity index (χ4v) is 3.12. The van der Waals surface area contributed by atoms with Gasteiger partial charge in [-0.05, 0) is 0 Å². The molecule has 3 heteroatoms. The molecular weight excluding hydrogens is 318 g/mol. The van der Waals surface area contributed by atoms with E-state index < -0.39 is 0 Å². The fraction of sp³-hybridized carbons (Fsp3) is 0.692. The number of rotatable bonds is 6. The molecule has 0 spiro atoms. The molecule has 1 aliphatic carbocycles. The summed E-state index contributed by atoms with van der Waals surface area (Å²) in [4.78, 5) is 0. The number of unbranched alkanes of at least 4 members (excludes halogenated alkanes) is 2. The molecule has 0 fully saturated rings. The van der Waals surface area contributed by atoms with Gasteiger partial charge >= 0.3 is 104 Å². The summed E-state index contributed by atoms with van der Waals surface area (Å²) in [6.45, 7) is 4.62. The van der Waals surface area contributed by atoms with Crippen molar-refractivity contribution in [2.75, 3.05) is 0 Å². The van der Waals surface area contributed by atoms with Gasteiger partial charge in [0, 0.05) is 0 Å². The smallest absolute Gasteiger partial charge is 0.147 e. The van der Waals surface area contributed by atoms with Crippen LogP contribution in [0.1, 0.15) is 52.4 Å². The largest absolute Gasteiger partial charge is 0.147 e. The van der Waals surface area contributed by atoms with Gasteiger partial charge in [0.2, 0.25) is 0 Å². The molecule has 1 atom stereocenters. The second-order valence-corrected chi connectivity index (χ2v) is 5.62. The zero-order valence-electron chi connectivity index (χ0n) is 10.3. The summed E-state index contributed by atoms with van der Waals surface area (Å²) in [6, 6.07) is 0. The summed E-state index contributed by atoms with van der Waals surface area (Å²) < 4.78 is 1.69. The van der Waals surface area contributed by atoms with E-state index in [-0.39, 0.29) is 24.8 Å². The van der Waals surface area contributed by atoms with E-state index >= 15 is 0 Å². The van der Waals surface area contributed by atoms with Gasteiger partial charge < -0.3 is 0 Å². The molecule has 0 aromatic rings. The molecule has 0 saturated heterocycles. The summed E-state index contributed by atoms with van der Waals surface area (Å²) in [5.41, 5.74) is 1.68. The van der Waals surface area contributed by atoms with Crippen molar-refractivity contribution < 1.29 is 24.7 Å². The Bertz CT molecular complexity index is 234. The van der Waals surface area contributed by atoms with E-state index in [9.17, 15) is 0 Å². The second kappa shape index (κ2) is 11.1. The maximum atomic E-state index is 2.38. The molecule has 1 aliphatic rings. The Hall–Kier alpha value is 0.943. The molecule has 0 bridgehead atoms. The van der Waals surface area contributed by atoms with Crippen LogP contribution in [-0.4, -0.2) is 0 Å². The Labute approximate surface area is 128 Å². The van der Waals surface area contributed by atoms with Crippen LogP contribution in [0.25, 0.3) is 0 Å². The number of allylic oxidation sites excluding steroid dienone is 4. The van der Waals surface area contributed by atoms with Gasteiger partial charge in [-0.1, -0.05) is 0 Å². The molecule has 0 saturated carbocycles. The SMILES string of the molecule is CCCCCC(CC)C1=[C]([Zr])CC=C1.Cl.Cl. The van der Waals surface area contributed by atoms with E-state index in [2.05, 4.69) is 26.0 Å². The summed E-state index contributed by atoms with van der Waals surface area (Å²) in [5.74, 6) is 0.856. The van der Waals surface area contributed by atoms with Crippen molar-refractivity contribution in [3.05, 3.63) is 21.0 Å². The average molecular weight is 341 g/mol. The van der Waals surface area contributed by atoms with Gasteiger partial charge in [0.25, 0.3) is 0 Å². The first kappa shape index (κ1) is 19.3. The zero-order valence-corrected chi connectivity index (χ0v) is 14.4. The monoisotopic (exact) mass is 339 g/mol. The first-order valence-electron chi connectivity index (χ1n) is 5.90. The van der Waals surface area contributed by atoms with Crippen molar-refractivity contribution in [2.24, 2.45) is 5.92 Å². The predicted octanol–water partition coefficient (Wildman–Crippen LogP) is 5.20. The van der Waals surface area contributed by atoms with Crippen molar-refractivity contribution in [1.29, 1.82) is 0 Å². The molecule has 1 unspecified atom stereocenters. The van der Waals surface area contributed by atoms with Crippen LogP contribution in [0.4, 0.5) is 0 Å². The van der Waals surface area contributed by atoms with Gasteiger partial charge in [-0.25, -0.2) is 0 Å². The van der Waals surface area contributed by atoms with E-state index in [1.54, 1.807) is 33.6 Å². The quantitative estimate of drug-likeness (QED) is 0.583. The minimum atomic E-state index is 0. The van der Waals surface area contributed by atoms with E-state index in [1.807, 2.05) is 0 Å². The first-order chi connectivity index (χ1) is 6.79. The molecule has 0 nitrogen and oxygen atoms in total. The number of hydrogen-bond acceptors (Lipinski definition) is 0. The summed E-state index contributed by atoms with van der Waals surface area (Å²) in [5, 5.41) is 0. The molecule has 0 N–H and O–H groups in total. The fourth-order valence-electron chi connectivity index (χ4n) is 2.12. The third-order valence-electron chi connectivity index (χ3n) is 3.06. The molecule has 0 heterocycles. The molecule has 0 aromatic carbocycles. The van der Waals surface area contributed by atoms with E-state index in [0.29, 0.717) is 0 Å². The Morgan fingerprint density at radius 3 is 2.38 bits per heavy atom. The third-order valence-corrected chi connectivity index (χ3v) is 4.27. The predicted molar refractivity (Wildman–Crippen MR) is 73.2 cm³/mol. The molecule has 0 amide bonds. The van der Waals surface area contributed by atoms with Gasteiger partial charge in [-0.15, -0.1) is 24.8 Å². The van der Waals surface area contributed by atoms with E-state index in [1.165, 1.54) is 38.5 Å². The molecule has 16 heavy (non-hydrogen) atoms. The van der Waals surface area contributed by atoms with Crippen molar-refractivity contribution in [1.82, 2.24) is 0 Å². The van der Waals surface area contributed by atoms with Gasteiger partial charge in [-0.2, -0.15) is 0 Å². The van der Waals surface area contributed by atoms with Crippen LogP contribution in [-0.2, 0) is 24.7 Å². The van der Waals surface area contributed by atoms with Crippen LogP contribution in [0, 0.1) is 5.92 Å². The first-order valence-corrected chi connectivity index (χ1v) is 7.13. The van der Waals surface area contributed by atoms with Gasteiger partial charge in [0.05, 0.1) is 0 Å². The molecule has 0 aromatic heterocycles. The second-order valence-electron chi connectivity index (χ2n) is 4.14. The minimum absolute atomic E-state index is 0. The van der Waals surface area contributed by atoms with Crippen molar-refractivity contribution in [2.45, 2.75) is 52.4 Å². The third kappa shape index (κ3) is 6.03. The number of hydrogen-bond donors (Lipinski definition) is 0. The summed E-state index contributed by atoms with van der Waals surface area (Å²) in [6.07, 6.45) is 12.8. The van der Waals surface area contributed by atoms with E-state index in [0.717, 1.165) is 5.92 Å². The maximum Gasteiger partial charge on any atom is -0.147 e. The molecular formula is C13H23Cl2Zr. The Morgan fingerprint density at radius 2 is 1.94 bits per heavy atom. The van der Waals surface area contributed by atoms with Crippen LogP contribution in [0.5, 0.6) is 0 Å². The standard InChI is InChI=1S/C13H21.2ClH.Zr/c1-3-5-6-9-12(4-2)13-10-7-8-11-13;;;/h7,10,12H,3-6,8-9H2,1-2H3;2*1H;. The van der Waals surface area contributed by atoms with Crippen LogP contribution >= 0.6 is 24.8 Å². The number of halogens is 2. The molecule has 93 valence electrons. The van der Waals surface area contributed by atoms with Crippen molar-refractivity contribution >= 4 is 24.8 Å². The summed E-state index contributed by atoms with van der Waals surface area (Å²) >= 11 is 1.63. The Balaban J connectivity index is 0. The summed E-state index contributed by atoms with van der Waals surface area (Å²) in [7, 11) is 0. The average Bonchev–Trinajstić information content (AvgIpc) is 2.60. The van der Waals surface area contributed by atoms with Crippen LogP contribution in [0.2, 0.25) is 0 Å². The minimum Gasteiger partial charge on any atom is -0.147 e. The van der Waals surface area contributed by atoms with E-state index in [4.69, 9.17) is 0 Å². The normalized spacial score (nSPS) is 15.6. The van der Waals surface area contributed by atoms with Gasteiger partial charge in [0.15, 0.2) is 0 Å². The van der Waals surface area contributed by atoms with Gasteiger partial charge in [-0.3, -0.25) is 0 Å². The molecule has 0 aliphatic heterocycles.